The van der Waals surface area contributed by atoms with Crippen LogP contribution in [0.4, 0.5) is 32.0 Å². The Labute approximate surface area is 251 Å². The van der Waals surface area contributed by atoms with E-state index in [-0.39, 0.29) is 11.5 Å². The van der Waals surface area contributed by atoms with Crippen molar-refractivity contribution >= 4 is 28.4 Å². The van der Waals surface area contributed by atoms with Gasteiger partial charge >= 0.3 is 23.7 Å². The van der Waals surface area contributed by atoms with Gasteiger partial charge in [-0.05, 0) is 70.9 Å². The quantitative estimate of drug-likeness (QED) is 0.288. The molecule has 3 aliphatic rings. The van der Waals surface area contributed by atoms with Crippen molar-refractivity contribution in [3.63, 3.8) is 0 Å². The van der Waals surface area contributed by atoms with E-state index in [2.05, 4.69) is 0 Å². The lowest BCUT2D eigenvalue weighted by molar-refractivity contribution is -0.284. The number of halogens is 6. The molecule has 0 fully saturated rings. The molecule has 2 aromatic rings. The molecular weight excluding hydrogens is 586 g/mol. The van der Waals surface area contributed by atoms with Crippen LogP contribution in [0.2, 0.25) is 0 Å². The molecule has 44 heavy (non-hydrogen) atoms. The van der Waals surface area contributed by atoms with Crippen molar-refractivity contribution in [2.24, 2.45) is 0 Å². The van der Waals surface area contributed by atoms with E-state index in [1.807, 2.05) is 63.2 Å². The second-order valence-corrected chi connectivity index (χ2v) is 12.7. The molecule has 3 heterocycles. The van der Waals surface area contributed by atoms with Crippen molar-refractivity contribution < 1.29 is 41.0 Å². The molecule has 5 rings (SSSR count). The molecule has 0 atom stereocenters. The maximum Gasteiger partial charge on any atom is 0.410 e. The predicted octanol–water partition coefficient (Wildman–Crippen LogP) is 6.71. The first-order chi connectivity index (χ1) is 20.1. The van der Waals surface area contributed by atoms with Gasteiger partial charge in [-0.3, -0.25) is 0 Å². The first-order valence-corrected chi connectivity index (χ1v) is 14.4. The smallest absolute Gasteiger partial charge is 0.410 e. The predicted molar refractivity (Wildman–Crippen MR) is 157 cm³/mol. The summed E-state index contributed by atoms with van der Waals surface area (Å²) in [5, 5.41) is 8.98. The third-order valence-corrected chi connectivity index (χ3v) is 8.92. The first kappa shape index (κ1) is 31.7. The van der Waals surface area contributed by atoms with Crippen molar-refractivity contribution in [2.75, 3.05) is 18.0 Å². The van der Waals surface area contributed by atoms with Crippen LogP contribution in [0, 0.1) is 0 Å². The van der Waals surface area contributed by atoms with Crippen molar-refractivity contribution in [3.05, 3.63) is 63.7 Å². The maximum atomic E-state index is 16.3. The number of hydrogen-bond acceptors (Lipinski definition) is 3. The molecule has 0 saturated carbocycles. The number of hydrogen-bond donors (Lipinski definition) is 1. The molecule has 11 heteroatoms. The largest absolute Gasteiger partial charge is 0.477 e. The number of likely N-dealkylation sites (N-methyl/N-ethyl adjacent to an activating group) is 2. The fourth-order valence-corrected chi connectivity index (χ4v) is 7.01. The van der Waals surface area contributed by atoms with Gasteiger partial charge in [-0.1, -0.05) is 6.08 Å². The fraction of sp³-hybridized carbons (Fsp3) is 0.455. The van der Waals surface area contributed by atoms with E-state index in [9.17, 15) is 13.6 Å². The molecular formula is C33H35F6N2O3+. The van der Waals surface area contributed by atoms with Gasteiger partial charge in [-0.15, -0.1) is 0 Å². The van der Waals surface area contributed by atoms with Crippen LogP contribution < -0.4 is 24.8 Å². The molecule has 1 N–H and O–H groups in total. The Kier molecular flexibility index (Phi) is 6.92. The number of aliphatic carboxylic acids is 1. The van der Waals surface area contributed by atoms with Gasteiger partial charge in [0, 0.05) is 59.6 Å². The standard InChI is InChI=1S/C33H34F6N2O3/c1-9-40-23-13-25-21(11-19(23)17(3)15-29(40,5)6)27(31(34,35)33(38,39)32(36,37)28(42)43)22-12-20-18(4)16-30(7,8)41(10-2)24(20)14-26(22)44-25/h11-16H,9-10H2,1-8H3/p+1. The van der Waals surface area contributed by atoms with E-state index in [4.69, 9.17) is 9.84 Å². The molecule has 0 spiro atoms. The zero-order valence-electron chi connectivity index (χ0n) is 25.8. The molecule has 0 bridgehead atoms. The Morgan fingerprint density at radius 3 is 2.07 bits per heavy atom. The van der Waals surface area contributed by atoms with Crippen molar-refractivity contribution in [2.45, 2.75) is 84.2 Å². The number of fused-ring (bicyclic) bond motifs is 4. The Morgan fingerprint density at radius 2 is 1.50 bits per heavy atom. The summed E-state index contributed by atoms with van der Waals surface area (Å²) in [4.78, 5) is 13.2. The summed E-state index contributed by atoms with van der Waals surface area (Å²) in [5.41, 5.74) is -0.123. The average molecular weight is 622 g/mol. The second kappa shape index (κ2) is 9.62. The molecule has 0 aliphatic carbocycles. The SMILES string of the molecule is CCN1c2cc3c(cc2C(C)=CC1(C)C)C(C(F)(F)C(F)(F)C(F)(F)C(=O)O)=c1cc2c(cc1O3)=[N+](CC)C(C)(C)C=C2C. The lowest BCUT2D eigenvalue weighted by Gasteiger charge is -2.43. The number of alkyl halides is 6. The molecule has 2 aromatic carbocycles. The van der Waals surface area contributed by atoms with E-state index in [0.29, 0.717) is 46.4 Å². The van der Waals surface area contributed by atoms with Gasteiger partial charge in [0.25, 0.3) is 0 Å². The number of benzene rings is 2. The van der Waals surface area contributed by atoms with E-state index >= 15 is 17.6 Å². The number of carbonyl (C=O) groups is 1. The third-order valence-electron chi connectivity index (χ3n) is 8.92. The monoisotopic (exact) mass is 621 g/mol. The average Bonchev–Trinajstić information content (AvgIpc) is 2.89. The van der Waals surface area contributed by atoms with Gasteiger partial charge < -0.3 is 14.7 Å². The summed E-state index contributed by atoms with van der Waals surface area (Å²) in [6.07, 6.45) is 3.80. The van der Waals surface area contributed by atoms with Gasteiger partial charge in [0.2, 0.25) is 5.36 Å². The van der Waals surface area contributed by atoms with Crippen LogP contribution in [-0.4, -0.2) is 53.0 Å². The molecule has 0 radical (unpaired) electrons. The molecule has 0 amide bonds. The van der Waals surface area contributed by atoms with Crippen LogP contribution in [0.25, 0.3) is 16.7 Å². The summed E-state index contributed by atoms with van der Waals surface area (Å²) in [6, 6.07) is 5.43. The van der Waals surface area contributed by atoms with Crippen molar-refractivity contribution in [1.82, 2.24) is 4.58 Å². The molecule has 0 saturated heterocycles. The van der Waals surface area contributed by atoms with Crippen LogP contribution in [0.3, 0.4) is 0 Å². The highest BCUT2D eigenvalue weighted by Crippen LogP contribution is 2.55. The minimum Gasteiger partial charge on any atom is -0.477 e. The lowest BCUT2D eigenvalue weighted by atomic mass is 9.83. The van der Waals surface area contributed by atoms with E-state index in [0.717, 1.165) is 0 Å². The van der Waals surface area contributed by atoms with Crippen molar-refractivity contribution in [1.29, 1.82) is 0 Å². The van der Waals surface area contributed by atoms with Gasteiger partial charge in [-0.25, -0.2) is 9.37 Å². The highest BCUT2D eigenvalue weighted by Gasteiger charge is 2.77. The number of carboxylic acids is 1. The second-order valence-electron chi connectivity index (χ2n) is 12.7. The van der Waals surface area contributed by atoms with Gasteiger partial charge in [0.1, 0.15) is 18.0 Å². The van der Waals surface area contributed by atoms with Gasteiger partial charge in [0.05, 0.1) is 11.6 Å². The number of rotatable bonds is 6. The number of allylic oxidation sites excluding steroid dienone is 2. The lowest BCUT2D eigenvalue weighted by Crippen LogP contribution is -2.59. The number of ether oxygens (including phenoxy) is 1. The fourth-order valence-electron chi connectivity index (χ4n) is 7.01. The zero-order valence-corrected chi connectivity index (χ0v) is 25.8. The summed E-state index contributed by atoms with van der Waals surface area (Å²) in [5.74, 6) is -21.8. The number of anilines is 1. The molecule has 3 aliphatic heterocycles. The minimum atomic E-state index is -6.30. The van der Waals surface area contributed by atoms with Crippen LogP contribution in [0.15, 0.2) is 36.4 Å². The Balaban J connectivity index is 1.96. The van der Waals surface area contributed by atoms with E-state index in [1.54, 1.807) is 13.8 Å². The summed E-state index contributed by atoms with van der Waals surface area (Å²) in [7, 11) is 0. The number of nitrogens with zero attached hydrogens (tertiary/aromatic N) is 2. The molecule has 5 nitrogen and oxygen atoms in total. The normalized spacial score (nSPS) is 18.8. The number of carboxylic acid groups (broad SMARTS) is 1. The van der Waals surface area contributed by atoms with Crippen LogP contribution >= 0.6 is 0 Å². The highest BCUT2D eigenvalue weighted by atomic mass is 19.3. The first-order valence-electron chi connectivity index (χ1n) is 14.4. The maximum absolute atomic E-state index is 16.3. The van der Waals surface area contributed by atoms with Crippen LogP contribution in [0.5, 0.6) is 11.5 Å². The van der Waals surface area contributed by atoms with Gasteiger partial charge in [-0.2, -0.15) is 26.3 Å². The summed E-state index contributed by atoms with van der Waals surface area (Å²) in [6.45, 7) is 16.2. The summed E-state index contributed by atoms with van der Waals surface area (Å²) >= 11 is 0. The molecule has 236 valence electrons. The van der Waals surface area contributed by atoms with E-state index in [1.165, 1.54) is 24.3 Å². The Hall–Kier alpha value is -3.76. The minimum absolute atomic E-state index is 0.227. The Bertz CT molecular complexity index is 1800. The third kappa shape index (κ3) is 4.21. The highest BCUT2D eigenvalue weighted by molar-refractivity contribution is 5.90. The molecule has 0 unspecified atom stereocenters. The topological polar surface area (TPSA) is 52.8 Å². The van der Waals surface area contributed by atoms with Crippen molar-refractivity contribution in [3.8, 4) is 11.5 Å². The van der Waals surface area contributed by atoms with Crippen LogP contribution in [0.1, 0.15) is 72.1 Å². The van der Waals surface area contributed by atoms with Gasteiger partial charge in [0.15, 0.2) is 5.54 Å². The summed E-state index contributed by atoms with van der Waals surface area (Å²) < 4.78 is 100. The molecule has 0 aromatic heterocycles. The van der Waals surface area contributed by atoms with Crippen LogP contribution in [-0.2, 0) is 4.79 Å². The zero-order chi connectivity index (χ0) is 32.9. The Morgan fingerprint density at radius 1 is 0.886 bits per heavy atom. The van der Waals surface area contributed by atoms with E-state index < -0.39 is 51.2 Å².